The van der Waals surface area contributed by atoms with Gasteiger partial charge in [0.2, 0.25) is 0 Å². The minimum absolute atomic E-state index is 0.299. The van der Waals surface area contributed by atoms with Gasteiger partial charge in [-0.15, -0.1) is 0 Å². The van der Waals surface area contributed by atoms with Crippen molar-refractivity contribution < 1.29 is 24.2 Å². The molecule has 1 aromatic carbocycles. The number of rotatable bonds is 12. The maximum absolute atomic E-state index is 10.3. The molecule has 0 aliphatic carbocycles. The number of aliphatic hydroxyl groups is 1. The summed E-state index contributed by atoms with van der Waals surface area (Å²) >= 11 is 0. The molecule has 1 atom stereocenters. The number of para-hydroxylation sites is 1. The molecular formula is C18H32NO4+. The van der Waals surface area contributed by atoms with Crippen molar-refractivity contribution in [3.05, 3.63) is 29.8 Å². The molecule has 0 aliphatic rings. The first-order valence-corrected chi connectivity index (χ1v) is 8.29. The number of benzene rings is 1. The zero-order valence-electron chi connectivity index (χ0n) is 14.9. The molecule has 1 rings (SSSR count). The molecule has 0 spiro atoms. The van der Waals surface area contributed by atoms with Gasteiger partial charge in [0.25, 0.3) is 0 Å². The van der Waals surface area contributed by atoms with Crippen LogP contribution in [0.2, 0.25) is 0 Å². The lowest BCUT2D eigenvalue weighted by Crippen LogP contribution is -3.14. The molecule has 0 saturated carbocycles. The summed E-state index contributed by atoms with van der Waals surface area (Å²) in [5, 5.41) is 10.3. The van der Waals surface area contributed by atoms with Crippen molar-refractivity contribution in [2.45, 2.75) is 25.9 Å². The van der Waals surface area contributed by atoms with Crippen LogP contribution in [0.1, 0.15) is 25.3 Å². The smallest absolute Gasteiger partial charge is 0.137 e. The third-order valence-electron chi connectivity index (χ3n) is 3.82. The van der Waals surface area contributed by atoms with Crippen LogP contribution >= 0.6 is 0 Å². The fourth-order valence-electron chi connectivity index (χ4n) is 2.49. The van der Waals surface area contributed by atoms with E-state index in [0.29, 0.717) is 32.3 Å². The van der Waals surface area contributed by atoms with Crippen LogP contribution in [-0.2, 0) is 9.47 Å². The number of methoxy groups -OCH3 is 2. The number of ether oxygens (including phenoxy) is 3. The van der Waals surface area contributed by atoms with E-state index < -0.39 is 6.10 Å². The van der Waals surface area contributed by atoms with Crippen LogP contribution in [0.4, 0.5) is 0 Å². The van der Waals surface area contributed by atoms with E-state index in [1.165, 1.54) is 10.5 Å². The Morgan fingerprint density at radius 1 is 1.04 bits per heavy atom. The summed E-state index contributed by atoms with van der Waals surface area (Å²) in [5.74, 6) is 1.26. The third kappa shape index (κ3) is 7.79. The Morgan fingerprint density at radius 3 is 2.22 bits per heavy atom. The van der Waals surface area contributed by atoms with Gasteiger partial charge in [0.05, 0.1) is 13.2 Å². The second-order valence-corrected chi connectivity index (χ2v) is 6.10. The van der Waals surface area contributed by atoms with Crippen LogP contribution in [0.25, 0.3) is 0 Å². The predicted molar refractivity (Wildman–Crippen MR) is 91.3 cm³/mol. The van der Waals surface area contributed by atoms with Gasteiger partial charge >= 0.3 is 0 Å². The summed E-state index contributed by atoms with van der Waals surface area (Å²) in [6.45, 7) is 8.23. The third-order valence-corrected chi connectivity index (χ3v) is 3.82. The number of aliphatic hydroxyl groups excluding tert-OH is 1. The van der Waals surface area contributed by atoms with Crippen molar-refractivity contribution >= 4 is 0 Å². The lowest BCUT2D eigenvalue weighted by molar-refractivity contribution is -0.903. The molecule has 0 aliphatic heterocycles. The number of hydrogen-bond donors (Lipinski definition) is 2. The lowest BCUT2D eigenvalue weighted by Gasteiger charge is -2.22. The van der Waals surface area contributed by atoms with Crippen LogP contribution in [0.5, 0.6) is 5.75 Å². The van der Waals surface area contributed by atoms with Gasteiger partial charge in [0.1, 0.15) is 38.1 Å². The highest BCUT2D eigenvalue weighted by Gasteiger charge is 2.16. The first-order chi connectivity index (χ1) is 11.1. The molecule has 1 aromatic rings. The highest BCUT2D eigenvalue weighted by molar-refractivity contribution is 5.35. The average molecular weight is 326 g/mol. The molecule has 23 heavy (non-hydrogen) atoms. The summed E-state index contributed by atoms with van der Waals surface area (Å²) in [4.78, 5) is 1.25. The van der Waals surface area contributed by atoms with E-state index in [1.54, 1.807) is 14.2 Å². The quantitative estimate of drug-likeness (QED) is 0.594. The average Bonchev–Trinajstić information content (AvgIpc) is 2.55. The van der Waals surface area contributed by atoms with E-state index in [0.717, 1.165) is 18.8 Å². The van der Waals surface area contributed by atoms with Gasteiger partial charge in [0, 0.05) is 14.2 Å². The summed E-state index contributed by atoms with van der Waals surface area (Å²) in [5.41, 5.74) is 1.17. The minimum atomic E-state index is -0.515. The summed E-state index contributed by atoms with van der Waals surface area (Å²) in [7, 11) is 3.38. The maximum Gasteiger partial charge on any atom is 0.137 e. The van der Waals surface area contributed by atoms with Gasteiger partial charge in [-0.1, -0.05) is 32.0 Å². The lowest BCUT2D eigenvalue weighted by atomic mass is 10.0. The molecule has 0 bridgehead atoms. The molecular weight excluding hydrogens is 294 g/mol. The van der Waals surface area contributed by atoms with E-state index in [4.69, 9.17) is 14.2 Å². The molecule has 132 valence electrons. The van der Waals surface area contributed by atoms with E-state index in [-0.39, 0.29) is 0 Å². The SMILES string of the molecule is COCC[NH+](CCOC)C[C@H](O)COc1ccccc1C(C)C. The van der Waals surface area contributed by atoms with E-state index >= 15 is 0 Å². The van der Waals surface area contributed by atoms with Crippen LogP contribution in [-0.4, -0.2) is 64.9 Å². The first-order valence-electron chi connectivity index (χ1n) is 8.29. The van der Waals surface area contributed by atoms with Crippen LogP contribution in [0.3, 0.4) is 0 Å². The Labute approximate surface area is 140 Å². The summed E-state index contributed by atoms with van der Waals surface area (Å²) in [6, 6.07) is 8.01. The van der Waals surface area contributed by atoms with Crippen LogP contribution < -0.4 is 9.64 Å². The predicted octanol–water partition coefficient (Wildman–Crippen LogP) is 0.727. The van der Waals surface area contributed by atoms with Gasteiger partial charge in [-0.3, -0.25) is 0 Å². The maximum atomic E-state index is 10.3. The Hall–Kier alpha value is -1.14. The first kappa shape index (κ1) is 19.9. The fraction of sp³-hybridized carbons (Fsp3) is 0.667. The van der Waals surface area contributed by atoms with Crippen LogP contribution in [0.15, 0.2) is 24.3 Å². The molecule has 0 radical (unpaired) electrons. The highest BCUT2D eigenvalue weighted by Crippen LogP contribution is 2.25. The number of quaternary nitrogens is 1. The fourth-order valence-corrected chi connectivity index (χ4v) is 2.49. The molecule has 0 amide bonds. The second kappa shape index (κ2) is 11.4. The highest BCUT2D eigenvalue weighted by atomic mass is 16.5. The largest absolute Gasteiger partial charge is 0.490 e. The van der Waals surface area contributed by atoms with Crippen molar-refractivity contribution in [1.82, 2.24) is 0 Å². The summed E-state index contributed by atoms with van der Waals surface area (Å²) in [6.07, 6.45) is -0.515. The van der Waals surface area contributed by atoms with Crippen LogP contribution in [0, 0.1) is 0 Å². The zero-order chi connectivity index (χ0) is 17.1. The van der Waals surface area contributed by atoms with E-state index in [2.05, 4.69) is 19.9 Å². The van der Waals surface area contributed by atoms with Gasteiger partial charge in [-0.05, 0) is 17.5 Å². The molecule has 0 fully saturated rings. The Balaban J connectivity index is 2.49. The van der Waals surface area contributed by atoms with Gasteiger partial charge < -0.3 is 24.2 Å². The second-order valence-electron chi connectivity index (χ2n) is 6.10. The van der Waals surface area contributed by atoms with Crippen molar-refractivity contribution in [1.29, 1.82) is 0 Å². The minimum Gasteiger partial charge on any atom is -0.490 e. The molecule has 0 saturated heterocycles. The Morgan fingerprint density at radius 2 is 1.65 bits per heavy atom. The molecule has 0 aromatic heterocycles. The monoisotopic (exact) mass is 326 g/mol. The Bertz CT molecular complexity index is 417. The molecule has 0 unspecified atom stereocenters. The van der Waals surface area contributed by atoms with Crippen molar-refractivity contribution in [2.24, 2.45) is 0 Å². The molecule has 0 heterocycles. The number of hydrogen-bond acceptors (Lipinski definition) is 4. The van der Waals surface area contributed by atoms with Gasteiger partial charge in [-0.2, -0.15) is 0 Å². The van der Waals surface area contributed by atoms with Crippen molar-refractivity contribution in [3.8, 4) is 5.75 Å². The van der Waals surface area contributed by atoms with Gasteiger partial charge in [0.15, 0.2) is 0 Å². The molecule has 2 N–H and O–H groups in total. The van der Waals surface area contributed by atoms with E-state index in [9.17, 15) is 5.11 Å². The standard InChI is InChI=1S/C18H31NO4/c1-15(2)17-7-5-6-8-18(17)23-14-16(20)13-19(9-11-21-3)10-12-22-4/h5-8,15-16,20H,9-14H2,1-4H3/p+1/t16-/m0/s1. The molecule has 5 nitrogen and oxygen atoms in total. The number of nitrogens with one attached hydrogen (secondary N) is 1. The normalized spacial score (nSPS) is 12.8. The topological polar surface area (TPSA) is 52.4 Å². The molecule has 5 heteroatoms. The van der Waals surface area contributed by atoms with Gasteiger partial charge in [-0.25, -0.2) is 0 Å². The summed E-state index contributed by atoms with van der Waals surface area (Å²) < 4.78 is 16.1. The van der Waals surface area contributed by atoms with Crippen molar-refractivity contribution in [2.75, 3.05) is 53.7 Å². The van der Waals surface area contributed by atoms with E-state index in [1.807, 2.05) is 18.2 Å². The zero-order valence-corrected chi connectivity index (χ0v) is 14.9. The Kier molecular flexibility index (Phi) is 9.87. The van der Waals surface area contributed by atoms with Crippen molar-refractivity contribution in [3.63, 3.8) is 0 Å².